The average molecular weight is 237 g/mol. The van der Waals surface area contributed by atoms with Gasteiger partial charge in [-0.2, -0.15) is 0 Å². The van der Waals surface area contributed by atoms with Gasteiger partial charge >= 0.3 is 0 Å². The third-order valence-electron chi connectivity index (χ3n) is 2.37. The molecule has 16 heavy (non-hydrogen) atoms. The van der Waals surface area contributed by atoms with Crippen molar-refractivity contribution in [1.82, 2.24) is 0 Å². The van der Waals surface area contributed by atoms with Crippen LogP contribution in [0.15, 0.2) is 24.3 Å². The number of alkyl halides is 1. The fourth-order valence-electron chi connectivity index (χ4n) is 1.40. The molecule has 0 amide bonds. The highest BCUT2D eigenvalue weighted by molar-refractivity contribution is 6.19. The van der Waals surface area contributed by atoms with Crippen LogP contribution >= 0.6 is 11.6 Å². The fraction of sp³-hybridized carbons (Fsp3) is 0.429. The van der Waals surface area contributed by atoms with Gasteiger partial charge in [0, 0.05) is 5.56 Å². The summed E-state index contributed by atoms with van der Waals surface area (Å²) < 4.78 is 5.80. The van der Waals surface area contributed by atoms with Crippen molar-refractivity contribution >= 4 is 11.6 Å². The van der Waals surface area contributed by atoms with Crippen molar-refractivity contribution < 1.29 is 4.74 Å². The third-order valence-corrected chi connectivity index (χ3v) is 2.50. The van der Waals surface area contributed by atoms with Crippen LogP contribution in [-0.2, 0) is 0 Å². The summed E-state index contributed by atoms with van der Waals surface area (Å²) >= 11 is 5.49. The molecule has 0 radical (unpaired) electrons. The van der Waals surface area contributed by atoms with Gasteiger partial charge in [0.1, 0.15) is 5.75 Å². The molecule has 0 bridgehead atoms. The molecule has 0 aliphatic carbocycles. The zero-order valence-corrected chi connectivity index (χ0v) is 10.6. The third kappa shape index (κ3) is 4.16. The van der Waals surface area contributed by atoms with Crippen LogP contribution in [0, 0.1) is 11.8 Å². The van der Waals surface area contributed by atoms with Gasteiger partial charge in [0.25, 0.3) is 0 Å². The highest BCUT2D eigenvalue weighted by Gasteiger charge is 2.04. The van der Waals surface area contributed by atoms with E-state index in [2.05, 4.69) is 25.7 Å². The van der Waals surface area contributed by atoms with Crippen molar-refractivity contribution in [1.29, 1.82) is 0 Å². The molecule has 0 heterocycles. The summed E-state index contributed by atoms with van der Waals surface area (Å²) in [4.78, 5) is 0. The van der Waals surface area contributed by atoms with E-state index in [1.54, 1.807) is 0 Å². The Kier molecular flexibility index (Phi) is 5.82. The van der Waals surface area contributed by atoms with Gasteiger partial charge < -0.3 is 4.74 Å². The molecule has 0 saturated carbocycles. The number of rotatable bonds is 4. The predicted molar refractivity (Wildman–Crippen MR) is 69.0 cm³/mol. The van der Waals surface area contributed by atoms with E-state index in [4.69, 9.17) is 16.3 Å². The van der Waals surface area contributed by atoms with Gasteiger partial charge in [-0.15, -0.1) is 11.6 Å². The molecule has 86 valence electrons. The molecule has 0 aliphatic rings. The monoisotopic (exact) mass is 236 g/mol. The number of ether oxygens (including phenoxy) is 1. The van der Waals surface area contributed by atoms with Crippen molar-refractivity contribution in [3.63, 3.8) is 0 Å². The van der Waals surface area contributed by atoms with Crippen molar-refractivity contribution in [3.8, 4) is 17.6 Å². The molecule has 1 aromatic carbocycles. The normalized spacial score (nSPS) is 9.75. The Hall–Kier alpha value is -1.13. The van der Waals surface area contributed by atoms with Crippen LogP contribution in [0.3, 0.4) is 0 Å². The van der Waals surface area contributed by atoms with Crippen molar-refractivity contribution in [2.24, 2.45) is 0 Å². The Morgan fingerprint density at radius 2 is 1.81 bits per heavy atom. The quantitative estimate of drug-likeness (QED) is 0.570. The van der Waals surface area contributed by atoms with Crippen LogP contribution in [0.1, 0.15) is 32.3 Å². The maximum absolute atomic E-state index is 5.80. The molecule has 0 atom stereocenters. The Bertz CT molecular complexity index is 355. The second kappa shape index (κ2) is 7.19. The second-order valence-corrected chi connectivity index (χ2v) is 3.78. The molecular weight excluding hydrogens is 220 g/mol. The SMILES string of the molecule is CCC(CC)Oc1ccc(C#CCCl)cc1. The Balaban J connectivity index is 2.64. The summed E-state index contributed by atoms with van der Waals surface area (Å²) in [5.74, 6) is 7.06. The van der Waals surface area contributed by atoms with E-state index in [1.807, 2.05) is 24.3 Å². The van der Waals surface area contributed by atoms with E-state index in [9.17, 15) is 0 Å². The smallest absolute Gasteiger partial charge is 0.119 e. The number of halogens is 1. The fourth-order valence-corrected chi connectivity index (χ4v) is 1.47. The van der Waals surface area contributed by atoms with Gasteiger partial charge in [0.2, 0.25) is 0 Å². The lowest BCUT2D eigenvalue weighted by Crippen LogP contribution is -2.13. The van der Waals surface area contributed by atoms with E-state index in [0.717, 1.165) is 24.2 Å². The van der Waals surface area contributed by atoms with Crippen LogP contribution in [0.5, 0.6) is 5.75 Å². The largest absolute Gasteiger partial charge is 0.490 e. The van der Waals surface area contributed by atoms with E-state index < -0.39 is 0 Å². The summed E-state index contributed by atoms with van der Waals surface area (Å²) in [6, 6.07) is 7.82. The van der Waals surface area contributed by atoms with E-state index in [1.165, 1.54) is 0 Å². The molecule has 1 nitrogen and oxygen atoms in total. The molecule has 1 rings (SSSR count). The number of hydrogen-bond donors (Lipinski definition) is 0. The lowest BCUT2D eigenvalue weighted by Gasteiger charge is -2.15. The van der Waals surface area contributed by atoms with Gasteiger partial charge in [-0.1, -0.05) is 25.7 Å². The predicted octanol–water partition coefficient (Wildman–Crippen LogP) is 3.84. The van der Waals surface area contributed by atoms with E-state index in [0.29, 0.717) is 12.0 Å². The Morgan fingerprint density at radius 3 is 2.31 bits per heavy atom. The zero-order chi connectivity index (χ0) is 11.8. The standard InChI is InChI=1S/C14H17ClO/c1-3-13(4-2)16-14-9-7-12(8-10-14)6-5-11-15/h7-10,13H,3-4,11H2,1-2H3. The minimum Gasteiger partial charge on any atom is -0.490 e. The molecule has 0 N–H and O–H groups in total. The van der Waals surface area contributed by atoms with Crippen molar-refractivity contribution in [2.45, 2.75) is 32.8 Å². The van der Waals surface area contributed by atoms with Crippen LogP contribution in [0.4, 0.5) is 0 Å². The van der Waals surface area contributed by atoms with Gasteiger partial charge in [-0.25, -0.2) is 0 Å². The highest BCUT2D eigenvalue weighted by atomic mass is 35.5. The van der Waals surface area contributed by atoms with Gasteiger partial charge in [-0.05, 0) is 37.1 Å². The topological polar surface area (TPSA) is 9.23 Å². The van der Waals surface area contributed by atoms with Crippen LogP contribution in [0.25, 0.3) is 0 Å². The minimum absolute atomic E-state index is 0.305. The summed E-state index contributed by atoms with van der Waals surface area (Å²) in [6.07, 6.45) is 2.37. The maximum Gasteiger partial charge on any atom is 0.119 e. The summed E-state index contributed by atoms with van der Waals surface area (Å²) in [5, 5.41) is 0. The van der Waals surface area contributed by atoms with E-state index in [-0.39, 0.29) is 0 Å². The zero-order valence-electron chi connectivity index (χ0n) is 9.79. The maximum atomic E-state index is 5.80. The molecule has 0 saturated heterocycles. The van der Waals surface area contributed by atoms with Gasteiger partial charge in [0.15, 0.2) is 0 Å². The molecule has 0 spiro atoms. The molecule has 1 aromatic rings. The Morgan fingerprint density at radius 1 is 1.19 bits per heavy atom. The van der Waals surface area contributed by atoms with Crippen LogP contribution in [-0.4, -0.2) is 12.0 Å². The van der Waals surface area contributed by atoms with Gasteiger partial charge in [0.05, 0.1) is 12.0 Å². The summed E-state index contributed by atoms with van der Waals surface area (Å²) in [5.41, 5.74) is 0.970. The first-order chi connectivity index (χ1) is 7.80. The molecule has 0 aromatic heterocycles. The highest BCUT2D eigenvalue weighted by Crippen LogP contribution is 2.15. The first-order valence-corrected chi connectivity index (χ1v) is 6.15. The molecule has 0 unspecified atom stereocenters. The van der Waals surface area contributed by atoms with Crippen LogP contribution < -0.4 is 4.74 Å². The van der Waals surface area contributed by atoms with Gasteiger partial charge in [-0.3, -0.25) is 0 Å². The molecule has 0 aliphatic heterocycles. The number of benzene rings is 1. The summed E-state index contributed by atoms with van der Waals surface area (Å²) in [7, 11) is 0. The minimum atomic E-state index is 0.305. The summed E-state index contributed by atoms with van der Waals surface area (Å²) in [6.45, 7) is 4.27. The van der Waals surface area contributed by atoms with E-state index >= 15 is 0 Å². The lowest BCUT2D eigenvalue weighted by molar-refractivity contribution is 0.193. The Labute approximate surface area is 103 Å². The first-order valence-electron chi connectivity index (χ1n) is 5.61. The first kappa shape index (κ1) is 12.9. The van der Waals surface area contributed by atoms with Crippen LogP contribution in [0.2, 0.25) is 0 Å². The number of hydrogen-bond acceptors (Lipinski definition) is 1. The second-order valence-electron chi connectivity index (χ2n) is 3.52. The molecule has 2 heteroatoms. The lowest BCUT2D eigenvalue weighted by atomic mass is 10.2. The molecular formula is C14H17ClO. The average Bonchev–Trinajstić information content (AvgIpc) is 2.35. The van der Waals surface area contributed by atoms with Crippen molar-refractivity contribution in [3.05, 3.63) is 29.8 Å². The van der Waals surface area contributed by atoms with Crippen molar-refractivity contribution in [2.75, 3.05) is 5.88 Å². The molecule has 0 fully saturated rings.